The van der Waals surface area contributed by atoms with E-state index in [4.69, 9.17) is 0 Å². The molecule has 1 aromatic rings. The fraction of sp³-hybridized carbons (Fsp3) is 0.611. The van der Waals surface area contributed by atoms with Gasteiger partial charge in [-0.05, 0) is 62.4 Å². The summed E-state index contributed by atoms with van der Waals surface area (Å²) in [4.78, 5) is 15.1. The first-order valence-corrected chi connectivity index (χ1v) is 9.21. The van der Waals surface area contributed by atoms with Crippen LogP contribution in [0.1, 0.15) is 38.2 Å². The molecule has 1 N–H and O–H groups in total. The average Bonchev–Trinajstić information content (AvgIpc) is 3.34. The largest absolute Gasteiger partial charge is 0.342 e. The Balaban J connectivity index is 1.63. The first kappa shape index (κ1) is 16.0. The molecule has 120 valence electrons. The summed E-state index contributed by atoms with van der Waals surface area (Å²) in [6.45, 7) is 6.11. The molecule has 22 heavy (non-hydrogen) atoms. The molecule has 1 heterocycles. The lowest BCUT2D eigenvalue weighted by atomic mass is 9.91. The molecule has 3 rings (SSSR count). The van der Waals surface area contributed by atoms with E-state index < -0.39 is 0 Å². The normalized spacial score (nSPS) is 20.9. The number of hydrogen-bond acceptors (Lipinski definition) is 2. The van der Waals surface area contributed by atoms with Crippen LogP contribution in [0.5, 0.6) is 0 Å². The topological polar surface area (TPSA) is 32.3 Å². The first-order chi connectivity index (χ1) is 10.7. The fourth-order valence-corrected chi connectivity index (χ4v) is 3.93. The van der Waals surface area contributed by atoms with Gasteiger partial charge in [0, 0.05) is 17.6 Å². The van der Waals surface area contributed by atoms with Crippen LogP contribution in [0.2, 0.25) is 0 Å². The summed E-state index contributed by atoms with van der Waals surface area (Å²) < 4.78 is 1.06. The Kier molecular flexibility index (Phi) is 4.88. The van der Waals surface area contributed by atoms with E-state index in [0.717, 1.165) is 62.3 Å². The number of nitrogens with zero attached hydrogens (tertiary/aromatic N) is 1. The minimum Gasteiger partial charge on any atom is -0.342 e. The van der Waals surface area contributed by atoms with Crippen molar-refractivity contribution in [3.8, 4) is 0 Å². The zero-order valence-electron chi connectivity index (χ0n) is 13.3. The second-order valence-electron chi connectivity index (χ2n) is 6.64. The number of amides is 1. The molecule has 1 saturated carbocycles. The summed E-state index contributed by atoms with van der Waals surface area (Å²) >= 11 is 3.53. The monoisotopic (exact) mass is 364 g/mol. The van der Waals surface area contributed by atoms with Gasteiger partial charge in [0.15, 0.2) is 0 Å². The number of likely N-dealkylation sites (tertiary alicyclic amines) is 1. The quantitative estimate of drug-likeness (QED) is 0.868. The lowest BCUT2D eigenvalue weighted by Crippen LogP contribution is -2.45. The maximum atomic E-state index is 13.0. The van der Waals surface area contributed by atoms with E-state index in [-0.39, 0.29) is 5.41 Å². The van der Waals surface area contributed by atoms with Crippen molar-refractivity contribution < 1.29 is 4.79 Å². The Morgan fingerprint density at radius 3 is 2.68 bits per heavy atom. The van der Waals surface area contributed by atoms with Gasteiger partial charge >= 0.3 is 0 Å². The van der Waals surface area contributed by atoms with E-state index in [1.54, 1.807) is 0 Å². The van der Waals surface area contributed by atoms with Crippen molar-refractivity contribution in [3.05, 3.63) is 34.3 Å². The highest BCUT2D eigenvalue weighted by Crippen LogP contribution is 2.50. The SMILES string of the molecule is CCNCC1CCN(C(=O)C2(c3cccc(Br)c3)CC2)CC1. The van der Waals surface area contributed by atoms with E-state index in [1.807, 2.05) is 12.1 Å². The number of carbonyl (C=O) groups is 1. The van der Waals surface area contributed by atoms with Crippen molar-refractivity contribution in [3.63, 3.8) is 0 Å². The van der Waals surface area contributed by atoms with Crippen LogP contribution in [0, 0.1) is 5.92 Å². The van der Waals surface area contributed by atoms with Crippen LogP contribution < -0.4 is 5.32 Å². The van der Waals surface area contributed by atoms with Gasteiger partial charge in [-0.1, -0.05) is 35.0 Å². The van der Waals surface area contributed by atoms with E-state index in [0.29, 0.717) is 5.91 Å². The molecule has 2 aliphatic rings. The molecule has 0 radical (unpaired) electrons. The maximum absolute atomic E-state index is 13.0. The Morgan fingerprint density at radius 2 is 2.09 bits per heavy atom. The van der Waals surface area contributed by atoms with Gasteiger partial charge in [-0.3, -0.25) is 4.79 Å². The van der Waals surface area contributed by atoms with Crippen LogP contribution >= 0.6 is 15.9 Å². The number of piperidine rings is 1. The molecule has 0 unspecified atom stereocenters. The molecular formula is C18H25BrN2O. The third-order valence-electron chi connectivity index (χ3n) is 5.12. The lowest BCUT2D eigenvalue weighted by Gasteiger charge is -2.34. The van der Waals surface area contributed by atoms with Crippen molar-refractivity contribution in [2.45, 2.75) is 38.0 Å². The van der Waals surface area contributed by atoms with Gasteiger partial charge in [0.05, 0.1) is 5.41 Å². The van der Waals surface area contributed by atoms with E-state index in [1.165, 1.54) is 5.56 Å². The predicted octanol–water partition coefficient (Wildman–Crippen LogP) is 3.33. The van der Waals surface area contributed by atoms with Gasteiger partial charge in [-0.15, -0.1) is 0 Å². The van der Waals surface area contributed by atoms with Gasteiger partial charge in [0.1, 0.15) is 0 Å². The zero-order chi connectivity index (χ0) is 15.6. The summed E-state index contributed by atoms with van der Waals surface area (Å²) in [6, 6.07) is 8.28. The molecule has 0 bridgehead atoms. The van der Waals surface area contributed by atoms with Gasteiger partial charge in [-0.25, -0.2) is 0 Å². The number of nitrogens with one attached hydrogen (secondary N) is 1. The standard InChI is InChI=1S/C18H25BrN2O/c1-2-20-13-14-6-10-21(11-7-14)17(22)18(8-9-18)15-4-3-5-16(19)12-15/h3-5,12,14,20H,2,6-11,13H2,1H3. The summed E-state index contributed by atoms with van der Waals surface area (Å²) in [7, 11) is 0. The van der Waals surface area contributed by atoms with Crippen molar-refractivity contribution in [2.24, 2.45) is 5.92 Å². The van der Waals surface area contributed by atoms with Crippen molar-refractivity contribution in [2.75, 3.05) is 26.2 Å². The minimum absolute atomic E-state index is 0.224. The van der Waals surface area contributed by atoms with Crippen LogP contribution in [0.4, 0.5) is 0 Å². The molecule has 0 atom stereocenters. The fourth-order valence-electron chi connectivity index (χ4n) is 3.53. The second-order valence-corrected chi connectivity index (χ2v) is 7.55. The van der Waals surface area contributed by atoms with E-state index >= 15 is 0 Å². The smallest absolute Gasteiger partial charge is 0.233 e. The summed E-state index contributed by atoms with van der Waals surface area (Å²) in [5, 5.41) is 3.43. The number of benzene rings is 1. The summed E-state index contributed by atoms with van der Waals surface area (Å²) in [5.41, 5.74) is 0.958. The predicted molar refractivity (Wildman–Crippen MR) is 92.9 cm³/mol. The van der Waals surface area contributed by atoms with Crippen LogP contribution in [0.15, 0.2) is 28.7 Å². The third-order valence-corrected chi connectivity index (χ3v) is 5.61. The van der Waals surface area contributed by atoms with E-state index in [9.17, 15) is 4.79 Å². The van der Waals surface area contributed by atoms with Gasteiger partial charge in [0.2, 0.25) is 5.91 Å². The van der Waals surface area contributed by atoms with Crippen LogP contribution in [-0.4, -0.2) is 37.0 Å². The average molecular weight is 365 g/mol. The second kappa shape index (κ2) is 6.71. The Labute approximate surface area is 141 Å². The highest BCUT2D eigenvalue weighted by atomic mass is 79.9. The van der Waals surface area contributed by atoms with Crippen LogP contribution in [-0.2, 0) is 10.2 Å². The molecule has 0 spiro atoms. The molecule has 1 aromatic carbocycles. The van der Waals surface area contributed by atoms with Gasteiger partial charge in [0.25, 0.3) is 0 Å². The molecule has 1 amide bonds. The lowest BCUT2D eigenvalue weighted by molar-refractivity contribution is -0.135. The van der Waals surface area contributed by atoms with Crippen LogP contribution in [0.25, 0.3) is 0 Å². The van der Waals surface area contributed by atoms with Crippen molar-refractivity contribution >= 4 is 21.8 Å². The van der Waals surface area contributed by atoms with Crippen LogP contribution in [0.3, 0.4) is 0 Å². The molecule has 3 nitrogen and oxygen atoms in total. The van der Waals surface area contributed by atoms with Crippen molar-refractivity contribution in [1.82, 2.24) is 10.2 Å². The Hall–Kier alpha value is -0.870. The number of halogens is 1. The molecular weight excluding hydrogens is 340 g/mol. The summed E-state index contributed by atoms with van der Waals surface area (Å²) in [5.74, 6) is 1.08. The Morgan fingerprint density at radius 1 is 1.36 bits per heavy atom. The molecule has 4 heteroatoms. The minimum atomic E-state index is -0.224. The maximum Gasteiger partial charge on any atom is 0.233 e. The third kappa shape index (κ3) is 3.23. The number of carbonyl (C=O) groups excluding carboxylic acids is 1. The molecule has 0 aromatic heterocycles. The first-order valence-electron chi connectivity index (χ1n) is 8.42. The Bertz CT molecular complexity index is 534. The molecule has 1 aliphatic carbocycles. The molecule has 1 saturated heterocycles. The highest BCUT2D eigenvalue weighted by Gasteiger charge is 2.53. The van der Waals surface area contributed by atoms with Gasteiger partial charge < -0.3 is 10.2 Å². The number of hydrogen-bond donors (Lipinski definition) is 1. The molecule has 2 fully saturated rings. The zero-order valence-corrected chi connectivity index (χ0v) is 14.9. The summed E-state index contributed by atoms with van der Waals surface area (Å²) in [6.07, 6.45) is 4.26. The number of rotatable bonds is 5. The molecule has 1 aliphatic heterocycles. The van der Waals surface area contributed by atoms with Gasteiger partial charge in [-0.2, -0.15) is 0 Å². The van der Waals surface area contributed by atoms with Crippen molar-refractivity contribution in [1.29, 1.82) is 0 Å². The highest BCUT2D eigenvalue weighted by molar-refractivity contribution is 9.10. The van der Waals surface area contributed by atoms with E-state index in [2.05, 4.69) is 45.2 Å².